The lowest BCUT2D eigenvalue weighted by atomic mass is 9.82. The fourth-order valence-electron chi connectivity index (χ4n) is 3.25. The van der Waals surface area contributed by atoms with E-state index in [1.165, 1.54) is 24.9 Å². The first-order valence-corrected chi connectivity index (χ1v) is 7.17. The molecule has 2 atom stereocenters. The average molecular weight is 237 g/mol. The Balaban J connectivity index is 1.69. The summed E-state index contributed by atoms with van der Waals surface area (Å²) in [5.41, 5.74) is 0.867. The van der Waals surface area contributed by atoms with Gasteiger partial charge in [-0.15, -0.1) is 0 Å². The molecule has 1 aromatic heterocycles. The molecule has 3 rings (SSSR count). The predicted octanol–water partition coefficient (Wildman–Crippen LogP) is 2.28. The minimum atomic E-state index is -0.438. The zero-order valence-corrected chi connectivity index (χ0v) is 10.4. The van der Waals surface area contributed by atoms with Crippen molar-refractivity contribution in [2.24, 2.45) is 0 Å². The highest BCUT2D eigenvalue weighted by atomic mass is 32.1. The Morgan fingerprint density at radius 1 is 1.50 bits per heavy atom. The van der Waals surface area contributed by atoms with Gasteiger partial charge in [-0.05, 0) is 54.6 Å². The van der Waals surface area contributed by atoms with Crippen LogP contribution < -0.4 is 0 Å². The van der Waals surface area contributed by atoms with Gasteiger partial charge < -0.3 is 10.0 Å². The predicted molar refractivity (Wildman–Crippen MR) is 66.8 cm³/mol. The number of piperidine rings is 1. The van der Waals surface area contributed by atoms with Crippen LogP contribution in [0, 0.1) is 0 Å². The van der Waals surface area contributed by atoms with Crippen molar-refractivity contribution < 1.29 is 5.11 Å². The van der Waals surface area contributed by atoms with Gasteiger partial charge in [0.05, 0.1) is 5.60 Å². The van der Waals surface area contributed by atoms with Crippen molar-refractivity contribution in [3.05, 3.63) is 22.4 Å². The van der Waals surface area contributed by atoms with Crippen molar-refractivity contribution in [2.75, 3.05) is 13.1 Å². The van der Waals surface area contributed by atoms with Crippen LogP contribution in [0.25, 0.3) is 0 Å². The van der Waals surface area contributed by atoms with Crippen molar-refractivity contribution in [3.8, 4) is 0 Å². The van der Waals surface area contributed by atoms with Crippen molar-refractivity contribution >= 4 is 11.3 Å². The second kappa shape index (κ2) is 4.13. The van der Waals surface area contributed by atoms with Crippen LogP contribution in [0.3, 0.4) is 0 Å². The molecule has 1 N–H and O–H groups in total. The van der Waals surface area contributed by atoms with E-state index in [1.807, 2.05) is 0 Å². The number of rotatable bonds is 2. The van der Waals surface area contributed by atoms with Crippen LogP contribution in [0.15, 0.2) is 16.8 Å². The molecule has 0 saturated carbocycles. The lowest BCUT2D eigenvalue weighted by Gasteiger charge is -2.40. The Hall–Kier alpha value is -0.380. The third-order valence-electron chi connectivity index (χ3n) is 4.09. The molecule has 2 fully saturated rings. The third kappa shape index (κ3) is 2.04. The molecule has 88 valence electrons. The lowest BCUT2D eigenvalue weighted by molar-refractivity contribution is -0.0353. The van der Waals surface area contributed by atoms with Gasteiger partial charge in [-0.1, -0.05) is 0 Å². The minimum absolute atomic E-state index is 0.438. The summed E-state index contributed by atoms with van der Waals surface area (Å²) >= 11 is 1.72. The number of thiophene rings is 1. The molecule has 2 saturated heterocycles. The van der Waals surface area contributed by atoms with Gasteiger partial charge in [-0.25, -0.2) is 0 Å². The van der Waals surface area contributed by atoms with Crippen molar-refractivity contribution in [1.82, 2.24) is 4.90 Å². The van der Waals surface area contributed by atoms with Gasteiger partial charge in [0.2, 0.25) is 0 Å². The molecule has 2 nitrogen and oxygen atoms in total. The minimum Gasteiger partial charge on any atom is -0.389 e. The zero-order valence-electron chi connectivity index (χ0n) is 9.56. The summed E-state index contributed by atoms with van der Waals surface area (Å²) in [5, 5.41) is 14.9. The molecule has 0 bridgehead atoms. The van der Waals surface area contributed by atoms with E-state index < -0.39 is 5.60 Å². The van der Waals surface area contributed by atoms with Gasteiger partial charge in [0, 0.05) is 19.0 Å². The van der Waals surface area contributed by atoms with E-state index in [4.69, 9.17) is 0 Å². The van der Waals surface area contributed by atoms with E-state index >= 15 is 0 Å². The molecule has 2 aliphatic heterocycles. The van der Waals surface area contributed by atoms with Gasteiger partial charge in [-0.3, -0.25) is 0 Å². The molecule has 0 spiro atoms. The number of fused-ring (bicyclic) bond motifs is 1. The number of aliphatic hydroxyl groups is 1. The standard InChI is InChI=1S/C13H19NOS/c15-13(8-11-3-7-16-10-11)4-6-14-5-1-2-12(14)9-13/h3,7,10,12,15H,1-2,4-6,8-9H2. The number of hydrogen-bond acceptors (Lipinski definition) is 3. The third-order valence-corrected chi connectivity index (χ3v) is 4.82. The SMILES string of the molecule is OC1(Cc2ccsc2)CCN2CCCC2C1. The Kier molecular flexibility index (Phi) is 2.78. The maximum atomic E-state index is 10.7. The molecule has 3 heterocycles. The fraction of sp³-hybridized carbons (Fsp3) is 0.692. The normalized spacial score (nSPS) is 35.2. The van der Waals surface area contributed by atoms with Gasteiger partial charge in [0.15, 0.2) is 0 Å². The summed E-state index contributed by atoms with van der Waals surface area (Å²) in [6, 6.07) is 2.79. The summed E-state index contributed by atoms with van der Waals surface area (Å²) < 4.78 is 0. The molecule has 16 heavy (non-hydrogen) atoms. The molecule has 0 radical (unpaired) electrons. The van der Waals surface area contributed by atoms with E-state index in [1.54, 1.807) is 11.3 Å². The fourth-order valence-corrected chi connectivity index (χ4v) is 3.92. The first-order chi connectivity index (χ1) is 7.75. The summed E-state index contributed by atoms with van der Waals surface area (Å²) in [7, 11) is 0. The Bertz CT molecular complexity index is 351. The lowest BCUT2D eigenvalue weighted by Crippen LogP contribution is -2.48. The molecule has 0 aromatic carbocycles. The van der Waals surface area contributed by atoms with Gasteiger partial charge in [0.25, 0.3) is 0 Å². The summed E-state index contributed by atoms with van der Waals surface area (Å²) in [6.45, 7) is 2.34. The highest BCUT2D eigenvalue weighted by Gasteiger charge is 2.39. The zero-order chi connectivity index (χ0) is 11.0. The van der Waals surface area contributed by atoms with Crippen molar-refractivity contribution in [3.63, 3.8) is 0 Å². The van der Waals surface area contributed by atoms with Crippen LogP contribution in [0.5, 0.6) is 0 Å². The monoisotopic (exact) mass is 237 g/mol. The molecule has 0 aliphatic carbocycles. The highest BCUT2D eigenvalue weighted by Crippen LogP contribution is 2.35. The highest BCUT2D eigenvalue weighted by molar-refractivity contribution is 7.07. The van der Waals surface area contributed by atoms with Gasteiger partial charge >= 0.3 is 0 Å². The molecular formula is C13H19NOS. The van der Waals surface area contributed by atoms with Crippen LogP contribution in [0.2, 0.25) is 0 Å². The number of nitrogens with zero attached hydrogens (tertiary/aromatic N) is 1. The first kappa shape index (κ1) is 10.8. The Morgan fingerprint density at radius 2 is 2.44 bits per heavy atom. The summed E-state index contributed by atoms with van der Waals surface area (Å²) in [5.74, 6) is 0. The summed E-state index contributed by atoms with van der Waals surface area (Å²) in [4.78, 5) is 2.56. The molecular weight excluding hydrogens is 218 g/mol. The van der Waals surface area contributed by atoms with Crippen LogP contribution in [0.1, 0.15) is 31.2 Å². The molecule has 0 amide bonds. The van der Waals surface area contributed by atoms with Crippen molar-refractivity contribution in [2.45, 2.75) is 43.7 Å². The van der Waals surface area contributed by atoms with E-state index in [9.17, 15) is 5.11 Å². The number of hydrogen-bond donors (Lipinski definition) is 1. The topological polar surface area (TPSA) is 23.5 Å². The maximum absolute atomic E-state index is 10.7. The second-order valence-electron chi connectivity index (χ2n) is 5.32. The quantitative estimate of drug-likeness (QED) is 0.853. The molecule has 2 unspecified atom stereocenters. The Morgan fingerprint density at radius 3 is 3.25 bits per heavy atom. The van der Waals surface area contributed by atoms with E-state index in [-0.39, 0.29) is 0 Å². The van der Waals surface area contributed by atoms with Crippen molar-refractivity contribution in [1.29, 1.82) is 0 Å². The van der Waals surface area contributed by atoms with Crippen LogP contribution >= 0.6 is 11.3 Å². The average Bonchev–Trinajstić information content (AvgIpc) is 2.87. The second-order valence-corrected chi connectivity index (χ2v) is 6.10. The molecule has 3 heteroatoms. The van der Waals surface area contributed by atoms with Crippen LogP contribution in [-0.2, 0) is 6.42 Å². The van der Waals surface area contributed by atoms with E-state index in [0.29, 0.717) is 6.04 Å². The summed E-state index contributed by atoms with van der Waals surface area (Å²) in [6.07, 6.45) is 5.37. The van der Waals surface area contributed by atoms with Gasteiger partial charge in [0.1, 0.15) is 0 Å². The van der Waals surface area contributed by atoms with E-state index in [2.05, 4.69) is 21.7 Å². The smallest absolute Gasteiger partial charge is 0.0715 e. The van der Waals surface area contributed by atoms with Crippen LogP contribution in [-0.4, -0.2) is 34.7 Å². The van der Waals surface area contributed by atoms with Gasteiger partial charge in [-0.2, -0.15) is 11.3 Å². The maximum Gasteiger partial charge on any atom is 0.0715 e. The van der Waals surface area contributed by atoms with E-state index in [0.717, 1.165) is 25.8 Å². The molecule has 2 aliphatic rings. The largest absolute Gasteiger partial charge is 0.389 e. The Labute approximate surface area is 101 Å². The van der Waals surface area contributed by atoms with Crippen LogP contribution in [0.4, 0.5) is 0 Å². The first-order valence-electron chi connectivity index (χ1n) is 6.23. The molecule has 1 aromatic rings.